The Morgan fingerprint density at radius 3 is 1.69 bits per heavy atom. The molecule has 1 heterocycles. The molecule has 4 aromatic carbocycles. The third kappa shape index (κ3) is 4.23. The zero-order valence-corrected chi connectivity index (χ0v) is 18.9. The van der Waals surface area contributed by atoms with Crippen molar-refractivity contribution in [1.82, 2.24) is 4.57 Å². The van der Waals surface area contributed by atoms with Crippen molar-refractivity contribution in [3.63, 3.8) is 0 Å². The first-order chi connectivity index (χ1) is 15.7. The van der Waals surface area contributed by atoms with Gasteiger partial charge in [-0.05, 0) is 59.2 Å². The van der Waals surface area contributed by atoms with Crippen molar-refractivity contribution in [2.45, 2.75) is 6.42 Å². The molecule has 0 saturated heterocycles. The molecule has 0 fully saturated rings. The van der Waals surface area contributed by atoms with Gasteiger partial charge in [-0.3, -0.25) is 0 Å². The lowest BCUT2D eigenvalue weighted by molar-refractivity contribution is 0.967. The van der Waals surface area contributed by atoms with Crippen molar-refractivity contribution in [1.29, 1.82) is 0 Å². The quantitative estimate of drug-likeness (QED) is 0.250. The van der Waals surface area contributed by atoms with Crippen LogP contribution in [0.15, 0.2) is 115 Å². The summed E-state index contributed by atoms with van der Waals surface area (Å²) in [5.74, 6) is 0. The maximum Gasteiger partial charge on any atom is 0.0538 e. The molecule has 0 saturated carbocycles. The molecule has 0 aliphatic carbocycles. The molecule has 156 valence electrons. The van der Waals surface area contributed by atoms with Gasteiger partial charge < -0.3 is 4.57 Å². The van der Waals surface area contributed by atoms with E-state index in [0.717, 1.165) is 39.0 Å². The van der Waals surface area contributed by atoms with Crippen molar-refractivity contribution in [2.24, 2.45) is 0 Å². The van der Waals surface area contributed by atoms with Crippen molar-refractivity contribution < 1.29 is 0 Å². The first-order valence-corrected chi connectivity index (χ1v) is 11.3. The van der Waals surface area contributed by atoms with E-state index < -0.39 is 0 Å². The highest BCUT2D eigenvalue weighted by atomic mass is 35.5. The highest BCUT2D eigenvalue weighted by molar-refractivity contribution is 6.30. The maximum atomic E-state index is 6.19. The van der Waals surface area contributed by atoms with Gasteiger partial charge in [-0.25, -0.2) is 0 Å². The minimum absolute atomic E-state index is 0.731. The van der Waals surface area contributed by atoms with Crippen molar-refractivity contribution in [3.8, 4) is 28.1 Å². The molecule has 1 nitrogen and oxygen atoms in total. The molecule has 1 aromatic heterocycles. The first-order valence-electron chi connectivity index (χ1n) is 10.5. The molecule has 0 N–H and O–H groups in total. The summed E-state index contributed by atoms with van der Waals surface area (Å²) >= 11 is 12.4. The topological polar surface area (TPSA) is 4.93 Å². The molecular formula is C29H21Cl2N. The van der Waals surface area contributed by atoms with Crippen LogP contribution in [0.25, 0.3) is 28.1 Å². The van der Waals surface area contributed by atoms with Gasteiger partial charge in [-0.1, -0.05) is 96.0 Å². The highest BCUT2D eigenvalue weighted by Crippen LogP contribution is 2.37. The Morgan fingerprint density at radius 1 is 0.562 bits per heavy atom. The van der Waals surface area contributed by atoms with E-state index >= 15 is 0 Å². The summed E-state index contributed by atoms with van der Waals surface area (Å²) in [7, 11) is 0. The predicted octanol–water partition coefficient (Wildman–Crippen LogP) is 8.71. The van der Waals surface area contributed by atoms with Crippen LogP contribution in [-0.2, 0) is 6.42 Å². The normalized spacial score (nSPS) is 10.9. The molecule has 0 unspecified atom stereocenters. The predicted molar refractivity (Wildman–Crippen MR) is 136 cm³/mol. The fourth-order valence-electron chi connectivity index (χ4n) is 4.10. The van der Waals surface area contributed by atoms with E-state index in [1.807, 2.05) is 30.3 Å². The Balaban J connectivity index is 1.79. The zero-order chi connectivity index (χ0) is 21.9. The summed E-state index contributed by atoms with van der Waals surface area (Å²) in [6.45, 7) is 0. The van der Waals surface area contributed by atoms with Gasteiger partial charge in [0.2, 0.25) is 0 Å². The lowest BCUT2D eigenvalue weighted by Crippen LogP contribution is -2.04. The molecule has 0 radical (unpaired) electrons. The minimum atomic E-state index is 0.731. The Hall–Kier alpha value is -3.26. The molecule has 0 amide bonds. The van der Waals surface area contributed by atoms with Crippen LogP contribution in [0.4, 0.5) is 0 Å². The van der Waals surface area contributed by atoms with Crippen LogP contribution in [0, 0.1) is 0 Å². The van der Waals surface area contributed by atoms with Crippen molar-refractivity contribution >= 4 is 23.2 Å². The van der Waals surface area contributed by atoms with Crippen LogP contribution in [-0.4, -0.2) is 4.57 Å². The molecule has 0 aliphatic rings. The number of halogens is 2. The summed E-state index contributed by atoms with van der Waals surface area (Å²) in [5, 5.41) is 1.47. The van der Waals surface area contributed by atoms with Gasteiger partial charge in [0.05, 0.1) is 5.69 Å². The van der Waals surface area contributed by atoms with Gasteiger partial charge in [0.25, 0.3) is 0 Å². The second-order valence-electron chi connectivity index (χ2n) is 7.74. The van der Waals surface area contributed by atoms with Crippen LogP contribution >= 0.6 is 23.2 Å². The Kier molecular flexibility index (Phi) is 5.85. The molecular weight excluding hydrogens is 433 g/mol. The van der Waals surface area contributed by atoms with Crippen LogP contribution in [0.1, 0.15) is 11.3 Å². The fourth-order valence-corrected chi connectivity index (χ4v) is 4.35. The maximum absolute atomic E-state index is 6.19. The monoisotopic (exact) mass is 453 g/mol. The molecule has 0 bridgehead atoms. The Labute approximate surface area is 198 Å². The molecule has 32 heavy (non-hydrogen) atoms. The number of benzene rings is 4. The van der Waals surface area contributed by atoms with E-state index in [9.17, 15) is 0 Å². The molecule has 5 rings (SSSR count). The Morgan fingerprint density at radius 2 is 1.09 bits per heavy atom. The van der Waals surface area contributed by atoms with Crippen LogP contribution in [0.3, 0.4) is 0 Å². The average Bonchev–Trinajstić information content (AvgIpc) is 3.20. The van der Waals surface area contributed by atoms with Gasteiger partial charge in [-0.2, -0.15) is 0 Å². The average molecular weight is 454 g/mol. The highest BCUT2D eigenvalue weighted by Gasteiger charge is 2.19. The van der Waals surface area contributed by atoms with E-state index in [1.54, 1.807) is 0 Å². The third-order valence-electron chi connectivity index (χ3n) is 5.63. The summed E-state index contributed by atoms with van der Waals surface area (Å²) in [6, 6.07) is 39.5. The Bertz CT molecular complexity index is 1320. The molecule has 0 atom stereocenters. The van der Waals surface area contributed by atoms with Crippen molar-refractivity contribution in [2.75, 3.05) is 0 Å². The van der Waals surface area contributed by atoms with Crippen LogP contribution in [0.2, 0.25) is 10.0 Å². The molecule has 0 aliphatic heterocycles. The number of rotatable bonds is 5. The van der Waals surface area contributed by atoms with Gasteiger partial charge in [0.15, 0.2) is 0 Å². The summed E-state index contributed by atoms with van der Waals surface area (Å²) < 4.78 is 2.36. The molecule has 3 heteroatoms. The second-order valence-corrected chi connectivity index (χ2v) is 8.61. The van der Waals surface area contributed by atoms with Crippen molar-refractivity contribution in [3.05, 3.63) is 137 Å². The summed E-state index contributed by atoms with van der Waals surface area (Å²) in [6.07, 6.45) is 0.807. The van der Waals surface area contributed by atoms with Crippen LogP contribution in [0.5, 0.6) is 0 Å². The molecule has 5 aromatic rings. The summed E-state index contributed by atoms with van der Waals surface area (Å²) in [4.78, 5) is 0. The summed E-state index contributed by atoms with van der Waals surface area (Å²) in [5.41, 5.74) is 8.21. The smallest absolute Gasteiger partial charge is 0.0538 e. The number of nitrogens with zero attached hydrogens (tertiary/aromatic N) is 1. The lowest BCUT2D eigenvalue weighted by atomic mass is 10.0. The van der Waals surface area contributed by atoms with Gasteiger partial charge in [0, 0.05) is 33.4 Å². The van der Waals surface area contributed by atoms with E-state index in [0.29, 0.717) is 0 Å². The first kappa shape index (κ1) is 20.6. The molecule has 0 spiro atoms. The standard InChI is InChI=1S/C29H21Cl2N/c30-24-15-11-22(12-16-24)27-20-28(23-13-17-25(31)18-14-23)32(26-9-5-2-6-10-26)29(27)19-21-7-3-1-4-8-21/h1-18,20H,19H2. The number of hydrogen-bond donors (Lipinski definition) is 0. The lowest BCUT2D eigenvalue weighted by Gasteiger charge is -2.15. The van der Waals surface area contributed by atoms with Gasteiger partial charge in [0.1, 0.15) is 0 Å². The van der Waals surface area contributed by atoms with Gasteiger partial charge in [-0.15, -0.1) is 0 Å². The number of aromatic nitrogens is 1. The van der Waals surface area contributed by atoms with Crippen LogP contribution < -0.4 is 0 Å². The zero-order valence-electron chi connectivity index (χ0n) is 17.4. The van der Waals surface area contributed by atoms with E-state index in [2.05, 4.69) is 89.5 Å². The number of hydrogen-bond acceptors (Lipinski definition) is 0. The van der Waals surface area contributed by atoms with E-state index in [1.165, 1.54) is 16.8 Å². The van der Waals surface area contributed by atoms with E-state index in [-0.39, 0.29) is 0 Å². The third-order valence-corrected chi connectivity index (χ3v) is 6.13. The van der Waals surface area contributed by atoms with E-state index in [4.69, 9.17) is 23.2 Å². The largest absolute Gasteiger partial charge is 0.313 e. The fraction of sp³-hybridized carbons (Fsp3) is 0.0345. The number of para-hydroxylation sites is 1. The second kappa shape index (κ2) is 9.08. The SMILES string of the molecule is Clc1ccc(-c2cc(-c3ccc(Cl)cc3)n(-c3ccccc3)c2Cc2ccccc2)cc1. The minimum Gasteiger partial charge on any atom is -0.313 e. The van der Waals surface area contributed by atoms with Gasteiger partial charge >= 0.3 is 0 Å².